The van der Waals surface area contributed by atoms with E-state index in [4.69, 9.17) is 10.00 Å². The van der Waals surface area contributed by atoms with E-state index in [1.54, 1.807) is 0 Å². The lowest BCUT2D eigenvalue weighted by atomic mass is 10.0. The molecule has 1 aromatic carbocycles. The van der Waals surface area contributed by atoms with Gasteiger partial charge < -0.3 is 4.74 Å². The van der Waals surface area contributed by atoms with Crippen LogP contribution in [0.3, 0.4) is 0 Å². The van der Waals surface area contributed by atoms with Crippen LogP contribution in [0.5, 0.6) is 5.75 Å². The van der Waals surface area contributed by atoms with Gasteiger partial charge >= 0.3 is 0 Å². The highest BCUT2D eigenvalue weighted by atomic mass is 79.9. The first-order chi connectivity index (χ1) is 6.74. The van der Waals surface area contributed by atoms with Crippen LogP contribution in [-0.2, 0) is 6.42 Å². The van der Waals surface area contributed by atoms with Gasteiger partial charge in [-0.25, -0.2) is 4.39 Å². The first-order valence-electron chi connectivity index (χ1n) is 4.28. The lowest BCUT2D eigenvalue weighted by Gasteiger charge is -2.19. The molecule has 1 aliphatic heterocycles. The molecule has 14 heavy (non-hydrogen) atoms. The van der Waals surface area contributed by atoms with Crippen molar-refractivity contribution in [3.8, 4) is 11.8 Å². The molecule has 1 aliphatic rings. The molecule has 0 saturated carbocycles. The van der Waals surface area contributed by atoms with E-state index >= 15 is 0 Å². The highest BCUT2D eigenvalue weighted by Gasteiger charge is 2.21. The fourth-order valence-corrected chi connectivity index (χ4v) is 2.14. The smallest absolute Gasteiger partial charge is 0.145 e. The maximum absolute atomic E-state index is 13.3. The van der Waals surface area contributed by atoms with E-state index in [9.17, 15) is 4.39 Å². The minimum absolute atomic E-state index is 0.0166. The van der Waals surface area contributed by atoms with Crippen LogP contribution in [0.4, 0.5) is 4.39 Å². The van der Waals surface area contributed by atoms with E-state index in [1.807, 2.05) is 6.07 Å². The van der Waals surface area contributed by atoms with Gasteiger partial charge in [0.2, 0.25) is 0 Å². The number of hydrogen-bond acceptors (Lipinski definition) is 2. The van der Waals surface area contributed by atoms with E-state index < -0.39 is 5.82 Å². The van der Waals surface area contributed by atoms with Crippen LogP contribution < -0.4 is 4.74 Å². The number of ether oxygens (including phenoxy) is 1. The molecule has 2 nitrogen and oxygen atoms in total. The van der Waals surface area contributed by atoms with Crippen LogP contribution in [0.15, 0.2) is 10.5 Å². The quantitative estimate of drug-likeness (QED) is 0.715. The van der Waals surface area contributed by atoms with Crippen LogP contribution in [0, 0.1) is 17.1 Å². The maximum atomic E-state index is 13.3. The minimum atomic E-state index is -0.528. The largest absolute Gasteiger partial charge is 0.492 e. The number of nitriles is 1. The van der Waals surface area contributed by atoms with Crippen molar-refractivity contribution in [2.24, 2.45) is 0 Å². The number of hydrogen-bond donors (Lipinski definition) is 0. The molecule has 0 spiro atoms. The zero-order valence-electron chi connectivity index (χ0n) is 7.31. The minimum Gasteiger partial charge on any atom is -0.492 e. The van der Waals surface area contributed by atoms with E-state index in [1.165, 1.54) is 6.07 Å². The highest BCUT2D eigenvalue weighted by Crippen LogP contribution is 2.35. The Morgan fingerprint density at radius 3 is 3.07 bits per heavy atom. The van der Waals surface area contributed by atoms with Crippen molar-refractivity contribution < 1.29 is 9.13 Å². The highest BCUT2D eigenvalue weighted by molar-refractivity contribution is 9.10. The molecule has 2 rings (SSSR count). The summed E-state index contributed by atoms with van der Waals surface area (Å²) >= 11 is 3.27. The Morgan fingerprint density at radius 1 is 1.57 bits per heavy atom. The molecule has 1 heterocycles. The van der Waals surface area contributed by atoms with Crippen molar-refractivity contribution >= 4 is 15.9 Å². The van der Waals surface area contributed by atoms with Gasteiger partial charge in [0.15, 0.2) is 0 Å². The third-order valence-corrected chi connectivity index (χ3v) is 2.92. The molecule has 4 heteroatoms. The van der Waals surface area contributed by atoms with Gasteiger partial charge in [-0.05, 0) is 18.9 Å². The second kappa shape index (κ2) is 3.58. The van der Waals surface area contributed by atoms with Gasteiger partial charge in [0.25, 0.3) is 0 Å². The molecule has 0 aromatic heterocycles. The van der Waals surface area contributed by atoms with Crippen LogP contribution in [0.2, 0.25) is 0 Å². The zero-order valence-corrected chi connectivity index (χ0v) is 8.90. The summed E-state index contributed by atoms with van der Waals surface area (Å²) in [7, 11) is 0. The number of fused-ring (bicyclic) bond motifs is 1. The molecule has 0 amide bonds. The summed E-state index contributed by atoms with van der Waals surface area (Å²) in [5, 5.41) is 8.78. The van der Waals surface area contributed by atoms with E-state index in [0.717, 1.165) is 18.4 Å². The molecular weight excluding hydrogens is 249 g/mol. The predicted octanol–water partition coefficient (Wildman–Crippen LogP) is 2.78. The Hall–Kier alpha value is -1.08. The Labute approximate surface area is 89.4 Å². The fraction of sp³-hybridized carbons (Fsp3) is 0.300. The first-order valence-corrected chi connectivity index (χ1v) is 5.07. The third-order valence-electron chi connectivity index (χ3n) is 2.21. The Bertz CT molecular complexity index is 425. The van der Waals surface area contributed by atoms with Crippen LogP contribution in [0.1, 0.15) is 17.5 Å². The van der Waals surface area contributed by atoms with Crippen LogP contribution >= 0.6 is 15.9 Å². The van der Waals surface area contributed by atoms with Crippen molar-refractivity contribution in [2.75, 3.05) is 6.61 Å². The van der Waals surface area contributed by atoms with Gasteiger partial charge in [-0.2, -0.15) is 5.26 Å². The Kier molecular flexibility index (Phi) is 2.42. The van der Waals surface area contributed by atoms with Crippen molar-refractivity contribution in [3.63, 3.8) is 0 Å². The molecule has 1 aromatic rings. The molecular formula is C10H7BrFNO. The molecule has 0 N–H and O–H groups in total. The topological polar surface area (TPSA) is 33.0 Å². The van der Waals surface area contributed by atoms with E-state index in [2.05, 4.69) is 15.9 Å². The maximum Gasteiger partial charge on any atom is 0.145 e. The summed E-state index contributed by atoms with van der Waals surface area (Å²) in [6.45, 7) is 0.553. The molecule has 0 aliphatic carbocycles. The molecule has 0 fully saturated rings. The number of benzene rings is 1. The third kappa shape index (κ3) is 1.38. The van der Waals surface area contributed by atoms with Gasteiger partial charge in [0.05, 0.1) is 6.61 Å². The Balaban J connectivity index is 2.69. The van der Waals surface area contributed by atoms with E-state index in [0.29, 0.717) is 16.8 Å². The van der Waals surface area contributed by atoms with Gasteiger partial charge in [0.1, 0.15) is 23.2 Å². The van der Waals surface area contributed by atoms with Gasteiger partial charge in [0, 0.05) is 10.0 Å². The standard InChI is InChI=1S/C10H7BrFNO/c11-8-4-9(12)7(5-13)10-6(8)2-1-3-14-10/h4H,1-3H2. The lowest BCUT2D eigenvalue weighted by molar-refractivity contribution is 0.285. The SMILES string of the molecule is N#Cc1c(F)cc(Br)c2c1OCCC2. The summed E-state index contributed by atoms with van der Waals surface area (Å²) in [4.78, 5) is 0. The summed E-state index contributed by atoms with van der Waals surface area (Å²) in [6.07, 6.45) is 1.73. The second-order valence-corrected chi connectivity index (χ2v) is 3.94. The molecule has 0 atom stereocenters. The summed E-state index contributed by atoms with van der Waals surface area (Å²) in [5.74, 6) is -0.120. The zero-order chi connectivity index (χ0) is 10.1. The normalized spacial score (nSPS) is 14.1. The monoisotopic (exact) mass is 255 g/mol. The lowest BCUT2D eigenvalue weighted by Crippen LogP contribution is -2.11. The van der Waals surface area contributed by atoms with Crippen LogP contribution in [-0.4, -0.2) is 6.61 Å². The van der Waals surface area contributed by atoms with Gasteiger partial charge in [-0.15, -0.1) is 0 Å². The molecule has 0 unspecified atom stereocenters. The molecule has 0 bridgehead atoms. The van der Waals surface area contributed by atoms with Crippen molar-refractivity contribution in [3.05, 3.63) is 27.5 Å². The van der Waals surface area contributed by atoms with E-state index in [-0.39, 0.29) is 5.56 Å². The number of rotatable bonds is 0. The van der Waals surface area contributed by atoms with Crippen molar-refractivity contribution in [1.82, 2.24) is 0 Å². The Morgan fingerprint density at radius 2 is 2.36 bits per heavy atom. The fourth-order valence-electron chi connectivity index (χ4n) is 1.56. The average Bonchev–Trinajstić information content (AvgIpc) is 2.18. The summed E-state index contributed by atoms with van der Waals surface area (Å²) in [5.41, 5.74) is 0.914. The predicted molar refractivity (Wildman–Crippen MR) is 52.6 cm³/mol. The molecule has 0 radical (unpaired) electrons. The summed E-state index contributed by atoms with van der Waals surface area (Å²) < 4.78 is 19.3. The van der Waals surface area contributed by atoms with Crippen LogP contribution in [0.25, 0.3) is 0 Å². The van der Waals surface area contributed by atoms with Gasteiger partial charge in [-0.3, -0.25) is 0 Å². The van der Waals surface area contributed by atoms with Crippen molar-refractivity contribution in [2.45, 2.75) is 12.8 Å². The number of nitrogens with zero attached hydrogens (tertiary/aromatic N) is 1. The second-order valence-electron chi connectivity index (χ2n) is 3.09. The molecule has 0 saturated heterocycles. The van der Waals surface area contributed by atoms with Crippen molar-refractivity contribution in [1.29, 1.82) is 5.26 Å². The summed E-state index contributed by atoms with van der Waals surface area (Å²) in [6, 6.07) is 3.16. The average molecular weight is 256 g/mol. The number of halogens is 2. The molecule has 72 valence electrons. The first kappa shape index (κ1) is 9.47. The van der Waals surface area contributed by atoms with Gasteiger partial charge in [-0.1, -0.05) is 15.9 Å².